The van der Waals surface area contributed by atoms with Crippen molar-refractivity contribution in [1.29, 1.82) is 0 Å². The van der Waals surface area contributed by atoms with Crippen LogP contribution in [0.25, 0.3) is 16.9 Å². The van der Waals surface area contributed by atoms with E-state index >= 15 is 0 Å². The number of hydrogen-bond acceptors (Lipinski definition) is 2. The number of fused-ring (bicyclic) bond motifs is 1. The Labute approximate surface area is 101 Å². The first-order valence-corrected chi connectivity index (χ1v) is 5.70. The van der Waals surface area contributed by atoms with Crippen molar-refractivity contribution in [2.45, 2.75) is 0 Å². The zero-order chi connectivity index (χ0) is 11.0. The lowest BCUT2D eigenvalue weighted by Crippen LogP contribution is -1.88. The fourth-order valence-corrected chi connectivity index (χ4v) is 2.23. The molecule has 0 bridgehead atoms. The fraction of sp³-hybridized carbons (Fsp3) is 0. The van der Waals surface area contributed by atoms with Crippen LogP contribution in [-0.4, -0.2) is 14.6 Å². The van der Waals surface area contributed by atoms with Gasteiger partial charge in [0.2, 0.25) is 0 Å². The van der Waals surface area contributed by atoms with Gasteiger partial charge in [-0.05, 0) is 28.1 Å². The van der Waals surface area contributed by atoms with E-state index in [2.05, 4.69) is 26.0 Å². The summed E-state index contributed by atoms with van der Waals surface area (Å²) in [6.07, 6.45) is 1.74. The minimum Gasteiger partial charge on any atom is -0.226 e. The Balaban J connectivity index is 2.29. The van der Waals surface area contributed by atoms with Gasteiger partial charge in [0.05, 0.1) is 0 Å². The summed E-state index contributed by atoms with van der Waals surface area (Å²) in [6, 6.07) is 13.9. The van der Waals surface area contributed by atoms with Crippen LogP contribution in [0.15, 0.2) is 53.3 Å². The zero-order valence-corrected chi connectivity index (χ0v) is 9.92. The molecular formula is C12H8BrN3. The molecule has 0 amide bonds. The highest BCUT2D eigenvalue weighted by molar-refractivity contribution is 9.10. The van der Waals surface area contributed by atoms with Crippen molar-refractivity contribution in [3.05, 3.63) is 53.3 Å². The van der Waals surface area contributed by atoms with E-state index in [0.29, 0.717) is 0 Å². The molecule has 4 heteroatoms. The van der Waals surface area contributed by atoms with Gasteiger partial charge < -0.3 is 0 Å². The number of aromatic nitrogens is 3. The van der Waals surface area contributed by atoms with Gasteiger partial charge in [0.15, 0.2) is 5.65 Å². The van der Waals surface area contributed by atoms with Gasteiger partial charge in [-0.2, -0.15) is 5.10 Å². The van der Waals surface area contributed by atoms with E-state index in [1.165, 1.54) is 0 Å². The zero-order valence-electron chi connectivity index (χ0n) is 8.34. The number of nitrogens with zero attached hydrogens (tertiary/aromatic N) is 3. The predicted molar refractivity (Wildman–Crippen MR) is 66.1 cm³/mol. The maximum atomic E-state index is 4.54. The molecule has 3 rings (SSSR count). The van der Waals surface area contributed by atoms with E-state index in [1.54, 1.807) is 10.7 Å². The molecule has 3 nitrogen and oxygen atoms in total. The first-order valence-electron chi connectivity index (χ1n) is 4.91. The standard InChI is InChI=1S/C12H8BrN3/c13-12-11(9-5-2-1-3-6-9)15-10-7-4-8-14-16(10)12/h1-8H. The van der Waals surface area contributed by atoms with E-state index in [-0.39, 0.29) is 0 Å². The van der Waals surface area contributed by atoms with Crippen molar-refractivity contribution >= 4 is 21.6 Å². The number of hydrogen-bond donors (Lipinski definition) is 0. The van der Waals surface area contributed by atoms with Crippen LogP contribution in [0.2, 0.25) is 0 Å². The Kier molecular flexibility index (Phi) is 2.22. The molecule has 0 N–H and O–H groups in total. The highest BCUT2D eigenvalue weighted by Gasteiger charge is 2.11. The van der Waals surface area contributed by atoms with Gasteiger partial charge in [-0.1, -0.05) is 30.3 Å². The Morgan fingerprint density at radius 3 is 2.56 bits per heavy atom. The minimum absolute atomic E-state index is 0.841. The monoisotopic (exact) mass is 273 g/mol. The molecule has 0 radical (unpaired) electrons. The van der Waals surface area contributed by atoms with Gasteiger partial charge in [-0.3, -0.25) is 0 Å². The molecule has 16 heavy (non-hydrogen) atoms. The van der Waals surface area contributed by atoms with Crippen molar-refractivity contribution in [1.82, 2.24) is 14.6 Å². The third kappa shape index (κ3) is 1.42. The normalized spacial score (nSPS) is 10.8. The van der Waals surface area contributed by atoms with Crippen LogP contribution in [0.4, 0.5) is 0 Å². The summed E-state index contributed by atoms with van der Waals surface area (Å²) < 4.78 is 2.66. The second-order valence-electron chi connectivity index (χ2n) is 3.41. The molecule has 0 fully saturated rings. The summed E-state index contributed by atoms with van der Waals surface area (Å²) in [5.41, 5.74) is 2.84. The van der Waals surface area contributed by atoms with Crippen LogP contribution >= 0.6 is 15.9 Å². The molecule has 1 aromatic carbocycles. The Morgan fingerprint density at radius 1 is 1.00 bits per heavy atom. The third-order valence-corrected chi connectivity index (χ3v) is 3.10. The van der Waals surface area contributed by atoms with Crippen LogP contribution in [0, 0.1) is 0 Å². The highest BCUT2D eigenvalue weighted by atomic mass is 79.9. The van der Waals surface area contributed by atoms with Crippen LogP contribution in [0.5, 0.6) is 0 Å². The Bertz CT molecular complexity index is 631. The molecule has 2 aromatic heterocycles. The van der Waals surface area contributed by atoms with Crippen LogP contribution in [0.3, 0.4) is 0 Å². The van der Waals surface area contributed by atoms with Crippen LogP contribution in [-0.2, 0) is 0 Å². The predicted octanol–water partition coefficient (Wildman–Crippen LogP) is 3.16. The van der Waals surface area contributed by atoms with E-state index in [4.69, 9.17) is 0 Å². The maximum Gasteiger partial charge on any atom is 0.155 e. The largest absolute Gasteiger partial charge is 0.226 e. The topological polar surface area (TPSA) is 30.2 Å². The molecule has 0 spiro atoms. The number of benzene rings is 1. The lowest BCUT2D eigenvalue weighted by atomic mass is 10.2. The average Bonchev–Trinajstić information content (AvgIpc) is 2.69. The molecule has 0 saturated heterocycles. The lowest BCUT2D eigenvalue weighted by molar-refractivity contribution is 0.916. The van der Waals surface area contributed by atoms with Crippen molar-refractivity contribution < 1.29 is 0 Å². The van der Waals surface area contributed by atoms with E-state index in [9.17, 15) is 0 Å². The molecule has 0 atom stereocenters. The Hall–Kier alpha value is -1.68. The second kappa shape index (κ2) is 3.72. The molecule has 0 saturated carbocycles. The summed E-state index contributed by atoms with van der Waals surface area (Å²) in [4.78, 5) is 4.54. The summed E-state index contributed by atoms with van der Waals surface area (Å²) in [7, 11) is 0. The first kappa shape index (κ1) is 9.54. The van der Waals surface area contributed by atoms with Gasteiger partial charge in [0.25, 0.3) is 0 Å². The molecule has 0 unspecified atom stereocenters. The number of imidazole rings is 1. The van der Waals surface area contributed by atoms with Crippen LogP contribution < -0.4 is 0 Å². The van der Waals surface area contributed by atoms with E-state index in [1.807, 2.05) is 42.5 Å². The van der Waals surface area contributed by atoms with Crippen molar-refractivity contribution in [3.8, 4) is 11.3 Å². The van der Waals surface area contributed by atoms with Crippen molar-refractivity contribution in [2.24, 2.45) is 0 Å². The summed E-state index contributed by atoms with van der Waals surface area (Å²) in [6.45, 7) is 0. The summed E-state index contributed by atoms with van der Waals surface area (Å²) in [5, 5.41) is 4.23. The minimum atomic E-state index is 0.841. The van der Waals surface area contributed by atoms with E-state index in [0.717, 1.165) is 21.5 Å². The van der Waals surface area contributed by atoms with E-state index < -0.39 is 0 Å². The number of halogens is 1. The van der Waals surface area contributed by atoms with Crippen molar-refractivity contribution in [3.63, 3.8) is 0 Å². The molecule has 0 aliphatic rings. The lowest BCUT2D eigenvalue weighted by Gasteiger charge is -1.96. The second-order valence-corrected chi connectivity index (χ2v) is 4.16. The van der Waals surface area contributed by atoms with Crippen LogP contribution in [0.1, 0.15) is 0 Å². The van der Waals surface area contributed by atoms with Crippen molar-refractivity contribution in [2.75, 3.05) is 0 Å². The summed E-state index contributed by atoms with van der Waals surface area (Å²) >= 11 is 3.53. The summed E-state index contributed by atoms with van der Waals surface area (Å²) in [5.74, 6) is 0. The maximum absolute atomic E-state index is 4.54. The first-order chi connectivity index (χ1) is 7.86. The average molecular weight is 274 g/mol. The van der Waals surface area contributed by atoms with Gasteiger partial charge in [0.1, 0.15) is 10.3 Å². The highest BCUT2D eigenvalue weighted by Crippen LogP contribution is 2.27. The molecular weight excluding hydrogens is 266 g/mol. The third-order valence-electron chi connectivity index (χ3n) is 2.39. The quantitative estimate of drug-likeness (QED) is 0.682. The smallest absolute Gasteiger partial charge is 0.155 e. The van der Waals surface area contributed by atoms with Gasteiger partial charge >= 0.3 is 0 Å². The SMILES string of the molecule is Brc1c(-c2ccccc2)nc2cccnn12. The number of rotatable bonds is 1. The molecule has 0 aliphatic heterocycles. The van der Waals surface area contributed by atoms with Gasteiger partial charge in [-0.15, -0.1) is 0 Å². The Morgan fingerprint density at radius 2 is 1.81 bits per heavy atom. The molecule has 78 valence electrons. The molecule has 3 aromatic rings. The molecule has 0 aliphatic carbocycles. The van der Waals surface area contributed by atoms with Gasteiger partial charge in [0, 0.05) is 11.8 Å². The molecule has 2 heterocycles. The fourth-order valence-electron chi connectivity index (χ4n) is 1.64. The van der Waals surface area contributed by atoms with Gasteiger partial charge in [-0.25, -0.2) is 9.50 Å².